The molecule has 0 aromatic heterocycles. The van der Waals surface area contributed by atoms with Gasteiger partial charge in [-0.2, -0.15) is 11.8 Å². The van der Waals surface area contributed by atoms with E-state index in [0.29, 0.717) is 11.5 Å². The average molecular weight is 261 g/mol. The van der Waals surface area contributed by atoms with E-state index in [9.17, 15) is 9.59 Å². The molecule has 0 unspecified atom stereocenters. The van der Waals surface area contributed by atoms with Gasteiger partial charge in [-0.05, 0) is 0 Å². The molecule has 0 atom stereocenters. The highest BCUT2D eigenvalue weighted by molar-refractivity contribution is 7.99. The number of hydrogen-bond donors (Lipinski definition) is 3. The molecule has 0 spiro atoms. The van der Waals surface area contributed by atoms with E-state index < -0.39 is 11.9 Å². The molecular weight excluding hydrogens is 248 g/mol. The summed E-state index contributed by atoms with van der Waals surface area (Å²) in [5.41, 5.74) is 0. The number of aliphatic carboxylic acids is 2. The zero-order chi connectivity index (χ0) is 11.4. The molecule has 0 aromatic carbocycles. The Morgan fingerprint density at radius 2 is 1.33 bits per heavy atom. The van der Waals surface area contributed by atoms with Crippen LogP contribution in [0.25, 0.3) is 0 Å². The van der Waals surface area contributed by atoms with Crippen molar-refractivity contribution >= 4 is 42.6 Å². The van der Waals surface area contributed by atoms with Crippen LogP contribution in [0, 0.1) is 0 Å². The number of carbonyl (C=O) groups is 3. The fourth-order valence-electron chi connectivity index (χ4n) is 0.421. The van der Waals surface area contributed by atoms with E-state index in [0.717, 1.165) is 0 Å². The number of thioether (sulfide) groups is 1. The zero-order valence-corrected chi connectivity index (χ0v) is 9.42. The summed E-state index contributed by atoms with van der Waals surface area (Å²) in [7, 11) is 0. The van der Waals surface area contributed by atoms with Gasteiger partial charge in [0.15, 0.2) is 0 Å². The molecule has 90 valence electrons. The molecule has 6 nitrogen and oxygen atoms in total. The topological polar surface area (TPSA) is 112 Å². The SMILES string of the molecule is Cl.O=C(O)CCSCCC(=O)O.O=CO. The third-order valence-corrected chi connectivity index (χ3v) is 1.91. The Morgan fingerprint density at radius 3 is 1.53 bits per heavy atom. The predicted octanol–water partition coefficient (Wildman–Crippen LogP) is 0.792. The first-order chi connectivity index (χ1) is 6.54. The number of carboxylic acid groups (broad SMARTS) is 3. The van der Waals surface area contributed by atoms with Gasteiger partial charge in [-0.3, -0.25) is 14.4 Å². The zero-order valence-electron chi connectivity index (χ0n) is 7.79. The largest absolute Gasteiger partial charge is 0.483 e. The molecular formula is C7H13ClO6S. The summed E-state index contributed by atoms with van der Waals surface area (Å²) in [6.45, 7) is -0.250. The summed E-state index contributed by atoms with van der Waals surface area (Å²) >= 11 is 1.35. The van der Waals surface area contributed by atoms with Crippen LogP contribution in [0.2, 0.25) is 0 Å². The smallest absolute Gasteiger partial charge is 0.304 e. The molecule has 0 aliphatic carbocycles. The van der Waals surface area contributed by atoms with E-state index in [2.05, 4.69) is 0 Å². The van der Waals surface area contributed by atoms with Gasteiger partial charge in [-0.1, -0.05) is 0 Å². The van der Waals surface area contributed by atoms with Gasteiger partial charge in [0.05, 0.1) is 12.8 Å². The van der Waals surface area contributed by atoms with Gasteiger partial charge >= 0.3 is 11.9 Å². The van der Waals surface area contributed by atoms with Crippen molar-refractivity contribution in [2.75, 3.05) is 11.5 Å². The molecule has 0 rings (SSSR count). The Hall–Kier alpha value is -0.950. The quantitative estimate of drug-likeness (QED) is 0.478. The highest BCUT2D eigenvalue weighted by Crippen LogP contribution is 2.03. The fraction of sp³-hybridized carbons (Fsp3) is 0.571. The summed E-state index contributed by atoms with van der Waals surface area (Å²) in [5.74, 6) is -0.703. The summed E-state index contributed by atoms with van der Waals surface area (Å²) < 4.78 is 0. The van der Waals surface area contributed by atoms with Gasteiger partial charge < -0.3 is 15.3 Å². The van der Waals surface area contributed by atoms with Gasteiger partial charge in [0, 0.05) is 11.5 Å². The first-order valence-corrected chi connectivity index (χ1v) is 4.79. The van der Waals surface area contributed by atoms with Crippen molar-refractivity contribution in [3.05, 3.63) is 0 Å². The minimum atomic E-state index is -0.840. The van der Waals surface area contributed by atoms with E-state index >= 15 is 0 Å². The lowest BCUT2D eigenvalue weighted by Crippen LogP contribution is -1.99. The van der Waals surface area contributed by atoms with Gasteiger partial charge in [0.25, 0.3) is 6.47 Å². The van der Waals surface area contributed by atoms with Crippen LogP contribution >= 0.6 is 24.2 Å². The van der Waals surface area contributed by atoms with Crippen LogP contribution in [0.15, 0.2) is 0 Å². The Labute approximate surface area is 97.1 Å². The molecule has 0 heterocycles. The second-order valence-electron chi connectivity index (χ2n) is 2.01. The third kappa shape index (κ3) is 32.1. The number of halogens is 1. The Kier molecular flexibility index (Phi) is 20.3. The Balaban J connectivity index is -0.000000320. The van der Waals surface area contributed by atoms with Gasteiger partial charge in [-0.25, -0.2) is 0 Å². The van der Waals surface area contributed by atoms with Crippen LogP contribution in [-0.4, -0.2) is 45.2 Å². The molecule has 15 heavy (non-hydrogen) atoms. The molecule has 0 amide bonds. The van der Waals surface area contributed by atoms with Crippen molar-refractivity contribution in [2.45, 2.75) is 12.8 Å². The van der Waals surface area contributed by atoms with Gasteiger partial charge in [0.1, 0.15) is 0 Å². The predicted molar refractivity (Wildman–Crippen MR) is 57.8 cm³/mol. The van der Waals surface area contributed by atoms with E-state index in [-0.39, 0.29) is 31.7 Å². The summed E-state index contributed by atoms with van der Waals surface area (Å²) in [4.78, 5) is 28.3. The van der Waals surface area contributed by atoms with Crippen LogP contribution in [0.5, 0.6) is 0 Å². The molecule has 3 N–H and O–H groups in total. The highest BCUT2D eigenvalue weighted by atomic mass is 35.5. The molecule has 0 saturated heterocycles. The van der Waals surface area contributed by atoms with Crippen molar-refractivity contribution in [1.82, 2.24) is 0 Å². The number of carboxylic acids is 2. The van der Waals surface area contributed by atoms with Gasteiger partial charge in [0.2, 0.25) is 0 Å². The third-order valence-electron chi connectivity index (χ3n) is 0.921. The van der Waals surface area contributed by atoms with Crippen LogP contribution in [0.4, 0.5) is 0 Å². The fourth-order valence-corrected chi connectivity index (χ4v) is 1.26. The Morgan fingerprint density at radius 1 is 1.07 bits per heavy atom. The van der Waals surface area contributed by atoms with Crippen LogP contribution in [0.3, 0.4) is 0 Å². The van der Waals surface area contributed by atoms with Crippen LogP contribution in [-0.2, 0) is 14.4 Å². The molecule has 0 aliphatic rings. The maximum atomic E-state index is 9.97. The summed E-state index contributed by atoms with van der Waals surface area (Å²) in [5, 5.41) is 23.3. The molecule has 0 fully saturated rings. The van der Waals surface area contributed by atoms with Crippen LogP contribution in [0.1, 0.15) is 12.8 Å². The van der Waals surface area contributed by atoms with E-state index in [1.165, 1.54) is 11.8 Å². The molecule has 0 aromatic rings. The molecule has 0 bridgehead atoms. The maximum Gasteiger partial charge on any atom is 0.304 e. The molecule has 0 saturated carbocycles. The van der Waals surface area contributed by atoms with Crippen molar-refractivity contribution < 1.29 is 29.7 Å². The van der Waals surface area contributed by atoms with Crippen molar-refractivity contribution in [1.29, 1.82) is 0 Å². The first kappa shape index (κ1) is 19.6. The van der Waals surface area contributed by atoms with Crippen molar-refractivity contribution in [3.8, 4) is 0 Å². The molecule has 0 radical (unpaired) electrons. The second-order valence-corrected chi connectivity index (χ2v) is 3.23. The van der Waals surface area contributed by atoms with Crippen LogP contribution < -0.4 is 0 Å². The molecule has 0 aliphatic heterocycles. The number of hydrogen-bond acceptors (Lipinski definition) is 4. The molecule has 8 heteroatoms. The monoisotopic (exact) mass is 260 g/mol. The first-order valence-electron chi connectivity index (χ1n) is 3.63. The Bertz CT molecular complexity index is 170. The second kappa shape index (κ2) is 15.5. The van der Waals surface area contributed by atoms with E-state index in [1.54, 1.807) is 0 Å². The lowest BCUT2D eigenvalue weighted by molar-refractivity contribution is -0.137. The normalized spacial score (nSPS) is 7.73. The van der Waals surface area contributed by atoms with E-state index in [4.69, 9.17) is 20.1 Å². The standard InChI is InChI=1S/C6H10O4S.CH2O2.ClH/c7-5(8)1-3-11-4-2-6(9)10;2-1-3;/h1-4H2,(H,7,8)(H,9,10);1H,(H,2,3);1H. The minimum absolute atomic E-state index is 0. The maximum absolute atomic E-state index is 9.97. The van der Waals surface area contributed by atoms with Crippen molar-refractivity contribution in [3.63, 3.8) is 0 Å². The van der Waals surface area contributed by atoms with Crippen molar-refractivity contribution in [2.24, 2.45) is 0 Å². The number of rotatable bonds is 6. The summed E-state index contributed by atoms with van der Waals surface area (Å²) in [6, 6.07) is 0. The van der Waals surface area contributed by atoms with E-state index in [1.807, 2.05) is 0 Å². The highest BCUT2D eigenvalue weighted by Gasteiger charge is 1.98. The average Bonchev–Trinajstić information content (AvgIpc) is 2.04. The lowest BCUT2D eigenvalue weighted by atomic mass is 10.5. The summed E-state index contributed by atoms with van der Waals surface area (Å²) in [6.07, 6.45) is 0.203. The van der Waals surface area contributed by atoms with Gasteiger partial charge in [-0.15, -0.1) is 12.4 Å². The minimum Gasteiger partial charge on any atom is -0.483 e. The lowest BCUT2D eigenvalue weighted by Gasteiger charge is -1.94.